The van der Waals surface area contributed by atoms with Crippen LogP contribution in [0.3, 0.4) is 0 Å². The zero-order valence-corrected chi connectivity index (χ0v) is 9.76. The van der Waals surface area contributed by atoms with E-state index < -0.39 is 0 Å². The Labute approximate surface area is 101 Å². The maximum absolute atomic E-state index is 10.6. The monoisotopic (exact) mass is 222 g/mol. The van der Waals surface area contributed by atoms with E-state index >= 15 is 0 Å². The summed E-state index contributed by atoms with van der Waals surface area (Å²) in [6, 6.07) is 15.9. The maximum atomic E-state index is 10.6. The van der Waals surface area contributed by atoms with Crippen molar-refractivity contribution in [3.63, 3.8) is 0 Å². The second kappa shape index (κ2) is 5.26. The van der Waals surface area contributed by atoms with Crippen molar-refractivity contribution in [3.05, 3.63) is 65.7 Å². The molecule has 0 bridgehead atoms. The molecule has 0 fully saturated rings. The Morgan fingerprint density at radius 1 is 0.882 bits per heavy atom. The molecule has 2 rings (SSSR count). The van der Waals surface area contributed by atoms with E-state index in [1.165, 1.54) is 5.56 Å². The van der Waals surface area contributed by atoms with Gasteiger partial charge in [-0.15, -0.1) is 0 Å². The lowest BCUT2D eigenvalue weighted by molar-refractivity contribution is 0.112. The number of benzene rings is 2. The Bertz CT molecular complexity index is 536. The number of allylic oxidation sites excluding steroid dienone is 1. The first-order valence-electron chi connectivity index (χ1n) is 5.62. The van der Waals surface area contributed by atoms with Crippen LogP contribution in [0, 0.1) is 0 Å². The van der Waals surface area contributed by atoms with Crippen molar-refractivity contribution < 1.29 is 4.79 Å². The average molecular weight is 222 g/mol. The van der Waals surface area contributed by atoms with Crippen LogP contribution in [0.25, 0.3) is 17.2 Å². The van der Waals surface area contributed by atoms with Gasteiger partial charge in [0.1, 0.15) is 6.29 Å². The van der Waals surface area contributed by atoms with Crippen LogP contribution in [0.4, 0.5) is 0 Å². The molecular formula is C16H14O. The molecule has 0 N–H and O–H groups in total. The standard InChI is InChI=1S/C16H14O/c1-2-4-13-5-3-6-16(11-13)15-9-7-14(12-17)8-10-15/h2-12H,1H3. The SMILES string of the molecule is CC=Cc1cccc(-c2ccc(C=O)cc2)c1. The Balaban J connectivity index is 2.38. The molecule has 0 amide bonds. The molecule has 0 saturated carbocycles. The molecule has 84 valence electrons. The first-order valence-corrected chi connectivity index (χ1v) is 5.62. The van der Waals surface area contributed by atoms with Gasteiger partial charge in [0.15, 0.2) is 0 Å². The topological polar surface area (TPSA) is 17.1 Å². The Kier molecular flexibility index (Phi) is 3.51. The minimum absolute atomic E-state index is 0.707. The number of hydrogen-bond donors (Lipinski definition) is 0. The van der Waals surface area contributed by atoms with E-state index in [-0.39, 0.29) is 0 Å². The third-order valence-corrected chi connectivity index (χ3v) is 2.63. The smallest absolute Gasteiger partial charge is 0.150 e. The van der Waals surface area contributed by atoms with Crippen LogP contribution in [-0.4, -0.2) is 6.29 Å². The summed E-state index contributed by atoms with van der Waals surface area (Å²) in [6.07, 6.45) is 4.96. The highest BCUT2D eigenvalue weighted by Gasteiger charge is 1.98. The molecule has 2 aromatic rings. The number of hydrogen-bond acceptors (Lipinski definition) is 1. The van der Waals surface area contributed by atoms with Crippen LogP contribution in [0.5, 0.6) is 0 Å². The molecule has 0 aromatic heterocycles. The van der Waals surface area contributed by atoms with Gasteiger partial charge < -0.3 is 0 Å². The fourth-order valence-corrected chi connectivity index (χ4v) is 1.77. The molecule has 0 spiro atoms. The first kappa shape index (κ1) is 11.3. The molecule has 0 aliphatic heterocycles. The molecule has 1 nitrogen and oxygen atoms in total. The molecule has 0 atom stereocenters. The van der Waals surface area contributed by atoms with Crippen LogP contribution < -0.4 is 0 Å². The largest absolute Gasteiger partial charge is 0.298 e. The molecule has 0 aliphatic carbocycles. The predicted octanol–water partition coefficient (Wildman–Crippen LogP) is 4.20. The maximum Gasteiger partial charge on any atom is 0.150 e. The lowest BCUT2D eigenvalue weighted by Gasteiger charge is -2.03. The Morgan fingerprint density at radius 3 is 2.29 bits per heavy atom. The zero-order valence-electron chi connectivity index (χ0n) is 9.76. The van der Waals surface area contributed by atoms with Gasteiger partial charge in [0.25, 0.3) is 0 Å². The van der Waals surface area contributed by atoms with Crippen LogP contribution >= 0.6 is 0 Å². The normalized spacial score (nSPS) is 10.6. The van der Waals surface area contributed by atoms with Crippen LogP contribution in [0.15, 0.2) is 54.6 Å². The summed E-state index contributed by atoms with van der Waals surface area (Å²) in [5, 5.41) is 0. The summed E-state index contributed by atoms with van der Waals surface area (Å²) in [5.41, 5.74) is 4.18. The lowest BCUT2D eigenvalue weighted by atomic mass is 10.0. The van der Waals surface area contributed by atoms with E-state index in [4.69, 9.17) is 0 Å². The quantitative estimate of drug-likeness (QED) is 0.711. The number of aldehydes is 1. The second-order valence-corrected chi connectivity index (χ2v) is 3.87. The van der Waals surface area contributed by atoms with Gasteiger partial charge in [0.05, 0.1) is 0 Å². The highest BCUT2D eigenvalue weighted by molar-refractivity contribution is 5.77. The third-order valence-electron chi connectivity index (χ3n) is 2.63. The van der Waals surface area contributed by atoms with Gasteiger partial charge in [0, 0.05) is 5.56 Å². The minimum Gasteiger partial charge on any atom is -0.298 e. The van der Waals surface area contributed by atoms with Crippen molar-refractivity contribution in [3.8, 4) is 11.1 Å². The van der Waals surface area contributed by atoms with Gasteiger partial charge in [-0.3, -0.25) is 4.79 Å². The van der Waals surface area contributed by atoms with Crippen molar-refractivity contribution >= 4 is 12.4 Å². The summed E-state index contributed by atoms with van der Waals surface area (Å²) in [4.78, 5) is 10.6. The minimum atomic E-state index is 0.707. The number of carbonyl (C=O) groups excluding carboxylic acids is 1. The molecule has 0 saturated heterocycles. The fraction of sp³-hybridized carbons (Fsp3) is 0.0625. The highest BCUT2D eigenvalue weighted by atomic mass is 16.1. The Morgan fingerprint density at radius 2 is 1.65 bits per heavy atom. The number of rotatable bonds is 3. The van der Waals surface area contributed by atoms with Crippen molar-refractivity contribution in [1.29, 1.82) is 0 Å². The molecule has 0 heterocycles. The van der Waals surface area contributed by atoms with Crippen LogP contribution in [0.1, 0.15) is 22.8 Å². The van der Waals surface area contributed by atoms with Crippen molar-refractivity contribution in [1.82, 2.24) is 0 Å². The predicted molar refractivity (Wildman–Crippen MR) is 72.0 cm³/mol. The molecule has 1 heteroatoms. The third kappa shape index (κ3) is 2.70. The van der Waals surface area contributed by atoms with E-state index in [0.29, 0.717) is 5.56 Å². The summed E-state index contributed by atoms with van der Waals surface area (Å²) in [6.45, 7) is 2.01. The van der Waals surface area contributed by atoms with Crippen molar-refractivity contribution in [2.24, 2.45) is 0 Å². The molecule has 2 aromatic carbocycles. The van der Waals surface area contributed by atoms with E-state index in [9.17, 15) is 4.79 Å². The molecule has 0 aliphatic rings. The van der Waals surface area contributed by atoms with Crippen LogP contribution in [0.2, 0.25) is 0 Å². The van der Waals surface area contributed by atoms with Gasteiger partial charge in [-0.05, 0) is 29.7 Å². The van der Waals surface area contributed by atoms with E-state index in [2.05, 4.69) is 24.3 Å². The number of carbonyl (C=O) groups is 1. The fourth-order valence-electron chi connectivity index (χ4n) is 1.77. The summed E-state index contributed by atoms with van der Waals surface area (Å²) < 4.78 is 0. The summed E-state index contributed by atoms with van der Waals surface area (Å²) in [5.74, 6) is 0. The van der Waals surface area contributed by atoms with Gasteiger partial charge in [-0.2, -0.15) is 0 Å². The summed E-state index contributed by atoms with van der Waals surface area (Å²) in [7, 11) is 0. The average Bonchev–Trinajstić information content (AvgIpc) is 2.40. The molecule has 17 heavy (non-hydrogen) atoms. The van der Waals surface area contributed by atoms with Crippen LogP contribution in [-0.2, 0) is 0 Å². The highest BCUT2D eigenvalue weighted by Crippen LogP contribution is 2.21. The second-order valence-electron chi connectivity index (χ2n) is 3.87. The molecular weight excluding hydrogens is 208 g/mol. The van der Waals surface area contributed by atoms with E-state index in [1.807, 2.05) is 43.3 Å². The molecule has 0 radical (unpaired) electrons. The van der Waals surface area contributed by atoms with Gasteiger partial charge >= 0.3 is 0 Å². The van der Waals surface area contributed by atoms with E-state index in [1.54, 1.807) is 0 Å². The van der Waals surface area contributed by atoms with Gasteiger partial charge in [-0.1, -0.05) is 54.6 Å². The van der Waals surface area contributed by atoms with Crippen molar-refractivity contribution in [2.75, 3.05) is 0 Å². The van der Waals surface area contributed by atoms with Gasteiger partial charge in [-0.25, -0.2) is 0 Å². The lowest BCUT2D eigenvalue weighted by Crippen LogP contribution is -1.82. The molecule has 0 unspecified atom stereocenters. The zero-order chi connectivity index (χ0) is 12.1. The first-order chi connectivity index (χ1) is 8.33. The Hall–Kier alpha value is -2.15. The van der Waals surface area contributed by atoms with E-state index in [0.717, 1.165) is 17.4 Å². The van der Waals surface area contributed by atoms with Gasteiger partial charge in [0.2, 0.25) is 0 Å². The van der Waals surface area contributed by atoms with Crippen molar-refractivity contribution in [2.45, 2.75) is 6.92 Å². The summed E-state index contributed by atoms with van der Waals surface area (Å²) >= 11 is 0.